The molecular weight excluding hydrogens is 408 g/mol. The summed E-state index contributed by atoms with van der Waals surface area (Å²) in [7, 11) is 0. The van der Waals surface area contributed by atoms with E-state index in [2.05, 4.69) is 27.3 Å². The minimum Gasteiger partial charge on any atom is -0.317 e. The molecule has 4 fully saturated rings. The highest BCUT2D eigenvalue weighted by Crippen LogP contribution is 2.65. The lowest BCUT2D eigenvalue weighted by Crippen LogP contribution is -2.53. The highest BCUT2D eigenvalue weighted by atomic mass is 79.9. The lowest BCUT2D eigenvalue weighted by molar-refractivity contribution is -0.123. The number of rotatable bonds is 3. The van der Waals surface area contributed by atoms with Crippen molar-refractivity contribution in [3.05, 3.63) is 16.0 Å². The van der Waals surface area contributed by atoms with Crippen molar-refractivity contribution in [3.8, 4) is 6.07 Å². The van der Waals surface area contributed by atoms with E-state index in [1.807, 2.05) is 0 Å². The second-order valence-corrected chi connectivity index (χ2v) is 12.2. The molecular formula is C21H25BrN2OS. The summed E-state index contributed by atoms with van der Waals surface area (Å²) in [5.74, 6) is 1.72. The zero-order valence-electron chi connectivity index (χ0n) is 15.1. The molecule has 2 atom stereocenters. The van der Waals surface area contributed by atoms with Gasteiger partial charge in [0.1, 0.15) is 11.1 Å². The zero-order chi connectivity index (χ0) is 17.9. The first-order valence-corrected chi connectivity index (χ1v) is 11.6. The maximum Gasteiger partial charge on any atom is 0.225 e. The number of fused-ring (bicyclic) bond motifs is 1. The first-order valence-electron chi connectivity index (χ1n) is 10.0. The minimum atomic E-state index is 0.123. The Hall–Kier alpha value is -0.860. The second kappa shape index (κ2) is 6.07. The average Bonchev–Trinajstić information content (AvgIpc) is 2.88. The topological polar surface area (TPSA) is 52.9 Å². The Morgan fingerprint density at radius 1 is 1.23 bits per heavy atom. The van der Waals surface area contributed by atoms with Crippen LogP contribution in [0.3, 0.4) is 0 Å². The number of carbonyl (C=O) groups excluding carboxylic acids is 1. The van der Waals surface area contributed by atoms with Gasteiger partial charge in [-0.05, 0) is 87.0 Å². The van der Waals surface area contributed by atoms with Gasteiger partial charge in [-0.15, -0.1) is 11.3 Å². The molecule has 138 valence electrons. The number of hydrogen-bond acceptors (Lipinski definition) is 3. The Morgan fingerprint density at radius 3 is 2.65 bits per heavy atom. The maximum absolute atomic E-state index is 13.0. The summed E-state index contributed by atoms with van der Waals surface area (Å²) in [4.78, 5) is 14.3. The van der Waals surface area contributed by atoms with E-state index in [1.165, 1.54) is 49.0 Å². The van der Waals surface area contributed by atoms with Gasteiger partial charge in [0, 0.05) is 15.6 Å². The first-order chi connectivity index (χ1) is 12.5. The summed E-state index contributed by atoms with van der Waals surface area (Å²) in [6, 6.07) is 2.36. The summed E-state index contributed by atoms with van der Waals surface area (Å²) in [5.41, 5.74) is 2.12. The Labute approximate surface area is 167 Å². The Balaban J connectivity index is 1.34. The summed E-state index contributed by atoms with van der Waals surface area (Å²) in [6.45, 7) is 0. The maximum atomic E-state index is 13.0. The number of nitrogens with one attached hydrogen (secondary N) is 1. The first kappa shape index (κ1) is 17.3. The van der Waals surface area contributed by atoms with Gasteiger partial charge in [-0.1, -0.05) is 15.9 Å². The smallest absolute Gasteiger partial charge is 0.225 e. The normalized spacial score (nSPS) is 37.2. The fourth-order valence-electron chi connectivity index (χ4n) is 6.83. The van der Waals surface area contributed by atoms with Crippen LogP contribution in [0, 0.1) is 28.6 Å². The Kier molecular flexibility index (Phi) is 4.03. The quantitative estimate of drug-likeness (QED) is 0.635. The number of nitriles is 1. The number of halogens is 1. The van der Waals surface area contributed by atoms with Gasteiger partial charge in [-0.25, -0.2) is 0 Å². The van der Waals surface area contributed by atoms with E-state index in [4.69, 9.17) is 0 Å². The van der Waals surface area contributed by atoms with Crippen molar-refractivity contribution in [3.63, 3.8) is 0 Å². The van der Waals surface area contributed by atoms with Crippen molar-refractivity contribution < 1.29 is 4.79 Å². The molecule has 0 radical (unpaired) electrons. The van der Waals surface area contributed by atoms with Crippen LogP contribution in [0.25, 0.3) is 0 Å². The predicted molar refractivity (Wildman–Crippen MR) is 108 cm³/mol. The molecule has 0 aliphatic heterocycles. The standard InChI is InChI=1S/C21H25BrN2OS/c22-21-8-13-5-14(9-21)7-20(6-13,12-21)10-18(25)24-19-16(11-23)15-3-1-2-4-17(15)26-19/h13-14H,1-10,12H2,(H,24,25)/t13-,14-,20?,21?/m1/s1. The molecule has 1 aromatic rings. The van der Waals surface area contributed by atoms with Crippen LogP contribution in [-0.2, 0) is 17.6 Å². The van der Waals surface area contributed by atoms with Crippen molar-refractivity contribution >= 4 is 38.2 Å². The highest BCUT2D eigenvalue weighted by molar-refractivity contribution is 9.10. The number of aryl methyl sites for hydroxylation is 1. The molecule has 6 rings (SSSR count). The number of hydrogen-bond donors (Lipinski definition) is 1. The number of alkyl halides is 1. The largest absolute Gasteiger partial charge is 0.317 e. The predicted octanol–water partition coefficient (Wildman–Crippen LogP) is 5.56. The van der Waals surface area contributed by atoms with Crippen LogP contribution in [0.5, 0.6) is 0 Å². The molecule has 0 unspecified atom stereocenters. The SMILES string of the molecule is N#Cc1c(NC(=O)CC23C[C@H]4C[C@@H](CC(Br)(C4)C2)C3)sc2c1CCCC2. The summed E-state index contributed by atoms with van der Waals surface area (Å²) < 4.78 is 0.289. The molecule has 1 heterocycles. The lowest BCUT2D eigenvalue weighted by atomic mass is 9.48. The van der Waals surface area contributed by atoms with Gasteiger partial charge >= 0.3 is 0 Å². The van der Waals surface area contributed by atoms with Gasteiger partial charge in [-0.3, -0.25) is 4.79 Å². The number of anilines is 1. The molecule has 0 aromatic carbocycles. The van der Waals surface area contributed by atoms with E-state index in [-0.39, 0.29) is 15.6 Å². The van der Waals surface area contributed by atoms with Gasteiger partial charge in [0.15, 0.2) is 0 Å². The van der Waals surface area contributed by atoms with Gasteiger partial charge in [0.25, 0.3) is 0 Å². The molecule has 1 N–H and O–H groups in total. The van der Waals surface area contributed by atoms with E-state index in [9.17, 15) is 10.1 Å². The van der Waals surface area contributed by atoms with Crippen LogP contribution in [-0.4, -0.2) is 10.2 Å². The second-order valence-electron chi connectivity index (χ2n) is 9.36. The molecule has 0 saturated heterocycles. The fourth-order valence-corrected chi connectivity index (χ4v) is 9.59. The van der Waals surface area contributed by atoms with E-state index in [0.717, 1.165) is 48.1 Å². The molecule has 4 saturated carbocycles. The number of nitrogens with zero attached hydrogens (tertiary/aromatic N) is 1. The van der Waals surface area contributed by atoms with Crippen molar-refractivity contribution in [1.82, 2.24) is 0 Å². The van der Waals surface area contributed by atoms with E-state index < -0.39 is 0 Å². The molecule has 0 spiro atoms. The van der Waals surface area contributed by atoms with Gasteiger partial charge in [0.05, 0.1) is 5.56 Å². The van der Waals surface area contributed by atoms with Crippen molar-refractivity contribution in [2.24, 2.45) is 17.3 Å². The van der Waals surface area contributed by atoms with Gasteiger partial charge in [0.2, 0.25) is 5.91 Å². The number of thiophene rings is 1. The Morgan fingerprint density at radius 2 is 1.96 bits per heavy atom. The Bertz CT molecular complexity index is 794. The lowest BCUT2D eigenvalue weighted by Gasteiger charge is -2.60. The van der Waals surface area contributed by atoms with Crippen LogP contribution < -0.4 is 5.32 Å². The van der Waals surface area contributed by atoms with Crippen molar-refractivity contribution in [2.45, 2.75) is 75.0 Å². The summed E-state index contributed by atoms with van der Waals surface area (Å²) in [6.07, 6.45) is 12.6. The van der Waals surface area contributed by atoms with Crippen LogP contribution in [0.4, 0.5) is 5.00 Å². The van der Waals surface area contributed by atoms with Crippen molar-refractivity contribution in [2.75, 3.05) is 5.32 Å². The zero-order valence-corrected chi connectivity index (χ0v) is 17.5. The van der Waals surface area contributed by atoms with Gasteiger partial charge < -0.3 is 5.32 Å². The molecule has 5 heteroatoms. The summed E-state index contributed by atoms with van der Waals surface area (Å²) in [5, 5.41) is 13.6. The molecule has 3 nitrogen and oxygen atoms in total. The van der Waals surface area contributed by atoms with Crippen LogP contribution >= 0.6 is 27.3 Å². The third-order valence-corrected chi connectivity index (χ3v) is 9.32. The fraction of sp³-hybridized carbons (Fsp3) is 0.714. The minimum absolute atomic E-state index is 0.123. The summed E-state index contributed by atoms with van der Waals surface area (Å²) >= 11 is 5.68. The van der Waals surface area contributed by atoms with Crippen LogP contribution in [0.1, 0.15) is 73.8 Å². The van der Waals surface area contributed by atoms with Gasteiger partial charge in [-0.2, -0.15) is 5.26 Å². The molecule has 5 aliphatic carbocycles. The average molecular weight is 433 g/mol. The number of carbonyl (C=O) groups is 1. The highest BCUT2D eigenvalue weighted by Gasteiger charge is 2.57. The molecule has 4 bridgehead atoms. The van der Waals surface area contributed by atoms with E-state index in [1.54, 1.807) is 11.3 Å². The van der Waals surface area contributed by atoms with Crippen LogP contribution in [0.2, 0.25) is 0 Å². The molecule has 1 amide bonds. The molecule has 5 aliphatic rings. The third-order valence-electron chi connectivity index (χ3n) is 7.18. The van der Waals surface area contributed by atoms with Crippen LogP contribution in [0.15, 0.2) is 0 Å². The molecule has 26 heavy (non-hydrogen) atoms. The van der Waals surface area contributed by atoms with Crippen molar-refractivity contribution in [1.29, 1.82) is 5.26 Å². The monoisotopic (exact) mass is 432 g/mol. The van der Waals surface area contributed by atoms with E-state index >= 15 is 0 Å². The van der Waals surface area contributed by atoms with E-state index in [0.29, 0.717) is 6.42 Å². The number of amides is 1. The molecule has 1 aromatic heterocycles. The third kappa shape index (κ3) is 2.85.